The van der Waals surface area contributed by atoms with E-state index in [1.165, 1.54) is 0 Å². The van der Waals surface area contributed by atoms with Gasteiger partial charge in [0.25, 0.3) is 0 Å². The topological polar surface area (TPSA) is 12.0 Å². The van der Waals surface area contributed by atoms with Crippen molar-refractivity contribution < 1.29 is 13.2 Å². The van der Waals surface area contributed by atoms with E-state index in [0.29, 0.717) is 18.4 Å². The first kappa shape index (κ1) is 12.5. The number of halogens is 3. The molecule has 0 radical (unpaired) electrons. The minimum atomic E-state index is -4.07. The van der Waals surface area contributed by atoms with Gasteiger partial charge in [-0.15, -0.1) is 0 Å². The van der Waals surface area contributed by atoms with Crippen LogP contribution in [0.4, 0.5) is 13.2 Å². The number of rotatable bonds is 4. The van der Waals surface area contributed by atoms with Gasteiger partial charge in [0.2, 0.25) is 0 Å². The summed E-state index contributed by atoms with van der Waals surface area (Å²) in [6, 6.07) is 0.397. The first-order chi connectivity index (χ1) is 6.53. The molecule has 0 saturated carbocycles. The summed E-state index contributed by atoms with van der Waals surface area (Å²) in [6.07, 6.45) is 0.655. The Hall–Kier alpha value is 0.450. The van der Waals surface area contributed by atoms with E-state index in [1.54, 1.807) is 0 Å². The van der Waals surface area contributed by atoms with E-state index in [2.05, 4.69) is 5.32 Å². The fraction of sp³-hybridized carbons (Fsp3) is 1.00. The molecule has 14 heavy (non-hydrogen) atoms. The van der Waals surface area contributed by atoms with Crippen molar-refractivity contribution >= 4 is 23.5 Å². The Morgan fingerprint density at radius 2 is 2.14 bits per heavy atom. The van der Waals surface area contributed by atoms with Crippen molar-refractivity contribution in [2.45, 2.75) is 18.0 Å². The fourth-order valence-corrected chi connectivity index (χ4v) is 3.71. The van der Waals surface area contributed by atoms with Crippen molar-refractivity contribution in [1.82, 2.24) is 5.32 Å². The quantitative estimate of drug-likeness (QED) is 0.817. The standard InChI is InChI=1S/C8H14F3NS2/c1-12-7-5-13-4-6(7)2-3-14-8(9,10)11/h6-7,12H,2-5H2,1H3. The van der Waals surface area contributed by atoms with E-state index >= 15 is 0 Å². The molecule has 1 saturated heterocycles. The largest absolute Gasteiger partial charge is 0.441 e. The maximum Gasteiger partial charge on any atom is 0.441 e. The van der Waals surface area contributed by atoms with E-state index in [9.17, 15) is 13.2 Å². The van der Waals surface area contributed by atoms with Crippen LogP contribution in [0.25, 0.3) is 0 Å². The van der Waals surface area contributed by atoms with E-state index in [1.807, 2.05) is 18.8 Å². The van der Waals surface area contributed by atoms with Gasteiger partial charge >= 0.3 is 5.51 Å². The van der Waals surface area contributed by atoms with Gasteiger partial charge in [-0.25, -0.2) is 0 Å². The van der Waals surface area contributed by atoms with Crippen LogP contribution in [0.5, 0.6) is 0 Å². The molecule has 0 bridgehead atoms. The maximum absolute atomic E-state index is 11.9. The van der Waals surface area contributed by atoms with Gasteiger partial charge in [-0.1, -0.05) is 11.8 Å². The Morgan fingerprint density at radius 3 is 2.71 bits per heavy atom. The van der Waals surface area contributed by atoms with Gasteiger partial charge < -0.3 is 5.32 Å². The lowest BCUT2D eigenvalue weighted by Gasteiger charge is -2.17. The predicted octanol–water partition coefficient (Wildman–Crippen LogP) is 2.58. The number of hydrogen-bond acceptors (Lipinski definition) is 3. The van der Waals surface area contributed by atoms with E-state index in [4.69, 9.17) is 0 Å². The summed E-state index contributed by atoms with van der Waals surface area (Å²) >= 11 is 1.92. The number of thioether (sulfide) groups is 2. The molecule has 1 N–H and O–H groups in total. The maximum atomic E-state index is 11.9. The SMILES string of the molecule is CNC1CSCC1CCSC(F)(F)F. The Morgan fingerprint density at radius 1 is 1.43 bits per heavy atom. The predicted molar refractivity (Wildman–Crippen MR) is 56.8 cm³/mol. The summed E-state index contributed by atoms with van der Waals surface area (Å²) in [5.41, 5.74) is -4.07. The molecule has 1 nitrogen and oxygen atoms in total. The van der Waals surface area contributed by atoms with Crippen LogP contribution >= 0.6 is 23.5 Å². The number of alkyl halides is 3. The smallest absolute Gasteiger partial charge is 0.316 e. The molecule has 1 heterocycles. The molecule has 1 rings (SSSR count). The third-order valence-corrected chi connectivity index (χ3v) is 4.35. The highest BCUT2D eigenvalue weighted by Gasteiger charge is 2.30. The molecule has 84 valence electrons. The van der Waals surface area contributed by atoms with E-state index in [-0.39, 0.29) is 17.5 Å². The molecular weight excluding hydrogens is 231 g/mol. The number of nitrogens with one attached hydrogen (secondary N) is 1. The highest BCUT2D eigenvalue weighted by molar-refractivity contribution is 8.00. The van der Waals surface area contributed by atoms with E-state index < -0.39 is 5.51 Å². The van der Waals surface area contributed by atoms with Gasteiger partial charge in [0.05, 0.1) is 0 Å². The summed E-state index contributed by atoms with van der Waals surface area (Å²) in [5, 5.41) is 3.15. The Kier molecular flexibility index (Phi) is 4.93. The summed E-state index contributed by atoms with van der Waals surface area (Å²) in [6.45, 7) is 0. The first-order valence-corrected chi connectivity index (χ1v) is 6.62. The fourth-order valence-electron chi connectivity index (χ4n) is 1.53. The molecule has 1 aliphatic rings. The molecule has 6 heteroatoms. The second-order valence-corrected chi connectivity index (χ2v) is 5.51. The molecule has 2 unspecified atom stereocenters. The minimum absolute atomic E-state index is 0.0959. The van der Waals surface area contributed by atoms with Crippen molar-refractivity contribution in [2.24, 2.45) is 5.92 Å². The van der Waals surface area contributed by atoms with Gasteiger partial charge in [-0.05, 0) is 25.1 Å². The third-order valence-electron chi connectivity index (χ3n) is 2.32. The normalized spacial score (nSPS) is 28.3. The molecule has 2 atom stereocenters. The van der Waals surface area contributed by atoms with Crippen LogP contribution in [0.2, 0.25) is 0 Å². The number of hydrogen-bond donors (Lipinski definition) is 1. The Bertz CT molecular complexity index is 174. The molecule has 0 aromatic heterocycles. The van der Waals surface area contributed by atoms with Gasteiger partial charge in [0, 0.05) is 17.5 Å². The summed E-state index contributed by atoms with van der Waals surface area (Å²) in [4.78, 5) is 0. The summed E-state index contributed by atoms with van der Waals surface area (Å²) in [7, 11) is 1.88. The highest BCUT2D eigenvalue weighted by Crippen LogP contribution is 2.34. The molecule has 0 spiro atoms. The van der Waals surface area contributed by atoms with Crippen molar-refractivity contribution in [3.05, 3.63) is 0 Å². The second kappa shape index (κ2) is 5.51. The van der Waals surface area contributed by atoms with Crippen LogP contribution in [0.15, 0.2) is 0 Å². The zero-order valence-electron chi connectivity index (χ0n) is 7.93. The Labute approximate surface area is 90.6 Å². The monoisotopic (exact) mass is 245 g/mol. The van der Waals surface area contributed by atoms with Crippen molar-refractivity contribution in [1.29, 1.82) is 0 Å². The summed E-state index contributed by atoms with van der Waals surface area (Å²) < 4.78 is 35.6. The third kappa shape index (κ3) is 4.31. The van der Waals surface area contributed by atoms with Crippen molar-refractivity contribution in [3.63, 3.8) is 0 Å². The van der Waals surface area contributed by atoms with Crippen LogP contribution in [-0.2, 0) is 0 Å². The van der Waals surface area contributed by atoms with Crippen molar-refractivity contribution in [3.8, 4) is 0 Å². The Balaban J connectivity index is 2.18. The zero-order valence-corrected chi connectivity index (χ0v) is 9.57. The van der Waals surface area contributed by atoms with Crippen LogP contribution in [0, 0.1) is 5.92 Å². The van der Waals surface area contributed by atoms with Gasteiger partial charge in [-0.3, -0.25) is 0 Å². The van der Waals surface area contributed by atoms with Crippen LogP contribution < -0.4 is 5.32 Å². The molecular formula is C8H14F3NS2. The average Bonchev–Trinajstić information content (AvgIpc) is 2.49. The molecule has 0 amide bonds. The van der Waals surface area contributed by atoms with Crippen LogP contribution in [0.1, 0.15) is 6.42 Å². The van der Waals surface area contributed by atoms with Gasteiger partial charge in [-0.2, -0.15) is 24.9 Å². The van der Waals surface area contributed by atoms with Crippen LogP contribution in [-0.4, -0.2) is 35.9 Å². The lowest BCUT2D eigenvalue weighted by molar-refractivity contribution is -0.0328. The van der Waals surface area contributed by atoms with Gasteiger partial charge in [0.15, 0.2) is 0 Å². The highest BCUT2D eigenvalue weighted by atomic mass is 32.2. The van der Waals surface area contributed by atoms with E-state index in [0.717, 1.165) is 11.5 Å². The lowest BCUT2D eigenvalue weighted by atomic mass is 10.0. The van der Waals surface area contributed by atoms with Gasteiger partial charge in [0.1, 0.15) is 0 Å². The first-order valence-electron chi connectivity index (χ1n) is 4.48. The zero-order chi connectivity index (χ0) is 10.6. The molecule has 0 aliphatic carbocycles. The molecule has 1 aliphatic heterocycles. The minimum Gasteiger partial charge on any atom is -0.316 e. The summed E-state index contributed by atoms with van der Waals surface area (Å²) in [5.74, 6) is 2.61. The molecule has 1 fully saturated rings. The van der Waals surface area contributed by atoms with Crippen molar-refractivity contribution in [2.75, 3.05) is 24.3 Å². The van der Waals surface area contributed by atoms with Crippen LogP contribution in [0.3, 0.4) is 0 Å². The molecule has 0 aromatic rings. The second-order valence-electron chi connectivity index (χ2n) is 3.28. The lowest BCUT2D eigenvalue weighted by Crippen LogP contribution is -2.32. The average molecular weight is 245 g/mol. The molecule has 0 aromatic carbocycles.